The third-order valence-corrected chi connectivity index (χ3v) is 3.38. The van der Waals surface area contributed by atoms with E-state index < -0.39 is 0 Å². The highest BCUT2D eigenvalue weighted by atomic mass is 32.2. The van der Waals surface area contributed by atoms with Crippen LogP contribution >= 0.6 is 11.8 Å². The predicted molar refractivity (Wildman–Crippen MR) is 83.6 cm³/mol. The fraction of sp³-hybridized carbons (Fsp3) is 0.375. The van der Waals surface area contributed by atoms with Gasteiger partial charge in [-0.1, -0.05) is 48.2 Å². The number of carbonyl (C=O) groups is 2. The Bertz CT molecular complexity index is 463. The van der Waals surface area contributed by atoms with E-state index in [1.54, 1.807) is 13.8 Å². The van der Waals surface area contributed by atoms with Crippen LogP contribution in [-0.4, -0.2) is 23.4 Å². The van der Waals surface area contributed by atoms with E-state index in [0.29, 0.717) is 13.0 Å². The Morgan fingerprint density at radius 3 is 2.55 bits per heavy atom. The van der Waals surface area contributed by atoms with Gasteiger partial charge < -0.3 is 4.74 Å². The molecule has 0 fully saturated rings. The molecule has 0 saturated carbocycles. The van der Waals surface area contributed by atoms with Crippen molar-refractivity contribution in [2.75, 3.05) is 12.4 Å². The van der Waals surface area contributed by atoms with Crippen molar-refractivity contribution in [1.29, 1.82) is 0 Å². The van der Waals surface area contributed by atoms with Crippen LogP contribution in [0.2, 0.25) is 0 Å². The number of hydrogen-bond donors (Lipinski definition) is 0. The number of ether oxygens (including phenoxy) is 1. The maximum absolute atomic E-state index is 11.3. The van der Waals surface area contributed by atoms with E-state index in [0.717, 1.165) is 23.3 Å². The molecule has 0 amide bonds. The lowest BCUT2D eigenvalue weighted by atomic mass is 10.1. The first-order valence-corrected chi connectivity index (χ1v) is 7.65. The molecule has 1 rings (SSSR count). The largest absolute Gasteiger partial charge is 0.466 e. The van der Waals surface area contributed by atoms with Gasteiger partial charge in [-0.3, -0.25) is 9.59 Å². The summed E-state index contributed by atoms with van der Waals surface area (Å²) in [6, 6.07) is 7.81. The van der Waals surface area contributed by atoms with Crippen LogP contribution in [0.3, 0.4) is 0 Å². The van der Waals surface area contributed by atoms with Gasteiger partial charge in [0.25, 0.3) is 0 Å². The number of hydrogen-bond acceptors (Lipinski definition) is 4. The fourth-order valence-corrected chi connectivity index (χ4v) is 2.16. The van der Waals surface area contributed by atoms with E-state index in [9.17, 15) is 9.59 Å². The van der Waals surface area contributed by atoms with Crippen molar-refractivity contribution in [3.63, 3.8) is 0 Å². The van der Waals surface area contributed by atoms with E-state index in [-0.39, 0.29) is 11.1 Å². The molecule has 0 aliphatic carbocycles. The van der Waals surface area contributed by atoms with Crippen molar-refractivity contribution in [2.45, 2.75) is 26.7 Å². The van der Waals surface area contributed by atoms with Gasteiger partial charge in [0.05, 0.1) is 13.0 Å². The first-order chi connectivity index (χ1) is 9.61. The van der Waals surface area contributed by atoms with Gasteiger partial charge in [-0.25, -0.2) is 0 Å². The normalized spacial score (nSPS) is 10.7. The standard InChI is InChI=1S/C16H20O3S/c1-3-19-16(18)12-15-9-7-14(8-10-15)6-4-5-11-20-13(2)17/h4,6-10H,3,5,11-12H2,1-2H3. The monoisotopic (exact) mass is 292 g/mol. The number of esters is 1. The number of benzene rings is 1. The van der Waals surface area contributed by atoms with Crippen molar-refractivity contribution in [3.8, 4) is 0 Å². The number of rotatable bonds is 7. The van der Waals surface area contributed by atoms with Crippen molar-refractivity contribution < 1.29 is 14.3 Å². The summed E-state index contributed by atoms with van der Waals surface area (Å²) in [6.45, 7) is 3.80. The summed E-state index contributed by atoms with van der Waals surface area (Å²) in [6.07, 6.45) is 5.26. The molecule has 0 atom stereocenters. The Kier molecular flexibility index (Phi) is 7.73. The smallest absolute Gasteiger partial charge is 0.310 e. The van der Waals surface area contributed by atoms with Crippen molar-refractivity contribution in [2.24, 2.45) is 0 Å². The van der Waals surface area contributed by atoms with Crippen molar-refractivity contribution in [1.82, 2.24) is 0 Å². The molecule has 0 spiro atoms. The Morgan fingerprint density at radius 1 is 1.25 bits per heavy atom. The Labute approximate surface area is 124 Å². The van der Waals surface area contributed by atoms with Crippen LogP contribution in [0.5, 0.6) is 0 Å². The van der Waals surface area contributed by atoms with Gasteiger partial charge in [-0.2, -0.15) is 0 Å². The lowest BCUT2D eigenvalue weighted by molar-refractivity contribution is -0.142. The minimum Gasteiger partial charge on any atom is -0.466 e. The molecule has 0 aliphatic rings. The van der Waals surface area contributed by atoms with Crippen LogP contribution in [0, 0.1) is 0 Å². The minimum absolute atomic E-state index is 0.154. The van der Waals surface area contributed by atoms with Gasteiger partial charge in [0.2, 0.25) is 0 Å². The van der Waals surface area contributed by atoms with Gasteiger partial charge in [0, 0.05) is 12.7 Å². The molecule has 0 bridgehead atoms. The van der Waals surface area contributed by atoms with Crippen LogP contribution in [0.15, 0.2) is 30.3 Å². The molecule has 1 aromatic rings. The van der Waals surface area contributed by atoms with Gasteiger partial charge in [-0.05, 0) is 24.5 Å². The molecule has 0 saturated heterocycles. The van der Waals surface area contributed by atoms with Crippen molar-refractivity contribution in [3.05, 3.63) is 41.5 Å². The molecule has 0 aromatic heterocycles. The molecule has 20 heavy (non-hydrogen) atoms. The molecular formula is C16H20O3S. The van der Waals surface area contributed by atoms with E-state index in [2.05, 4.69) is 6.08 Å². The minimum atomic E-state index is -0.197. The molecule has 108 valence electrons. The summed E-state index contributed by atoms with van der Waals surface area (Å²) < 4.78 is 4.90. The third-order valence-electron chi connectivity index (χ3n) is 2.53. The highest BCUT2D eigenvalue weighted by Crippen LogP contribution is 2.09. The average Bonchev–Trinajstić information content (AvgIpc) is 2.40. The van der Waals surface area contributed by atoms with Crippen LogP contribution in [-0.2, 0) is 20.7 Å². The first kappa shape index (κ1) is 16.5. The second-order valence-electron chi connectivity index (χ2n) is 4.25. The maximum atomic E-state index is 11.3. The number of allylic oxidation sites excluding steroid dienone is 1. The Balaban J connectivity index is 2.40. The topological polar surface area (TPSA) is 43.4 Å². The second-order valence-corrected chi connectivity index (χ2v) is 5.53. The van der Waals surface area contributed by atoms with Crippen molar-refractivity contribution >= 4 is 28.9 Å². The third kappa shape index (κ3) is 7.14. The van der Waals surface area contributed by atoms with Crippen LogP contribution in [0.4, 0.5) is 0 Å². The summed E-state index contributed by atoms with van der Waals surface area (Å²) in [7, 11) is 0. The number of carbonyl (C=O) groups excluding carboxylic acids is 2. The SMILES string of the molecule is CCOC(=O)Cc1ccc(C=CCCSC(C)=O)cc1. The maximum Gasteiger partial charge on any atom is 0.310 e. The number of thioether (sulfide) groups is 1. The lowest BCUT2D eigenvalue weighted by Crippen LogP contribution is -2.07. The summed E-state index contributed by atoms with van der Waals surface area (Å²) in [5, 5.41) is 0.154. The molecular weight excluding hydrogens is 272 g/mol. The van der Waals surface area contributed by atoms with Gasteiger partial charge in [0.15, 0.2) is 5.12 Å². The Hall–Kier alpha value is -1.55. The van der Waals surface area contributed by atoms with E-state index in [1.807, 2.05) is 30.3 Å². The molecule has 0 aliphatic heterocycles. The van der Waals surface area contributed by atoms with Crippen LogP contribution in [0.25, 0.3) is 6.08 Å². The lowest BCUT2D eigenvalue weighted by Gasteiger charge is -2.02. The zero-order valence-electron chi connectivity index (χ0n) is 11.9. The second kappa shape index (κ2) is 9.37. The molecule has 3 nitrogen and oxygen atoms in total. The quantitative estimate of drug-likeness (QED) is 0.570. The fourth-order valence-electron chi connectivity index (χ4n) is 1.62. The van der Waals surface area contributed by atoms with E-state index in [1.165, 1.54) is 11.8 Å². The van der Waals surface area contributed by atoms with Crippen LogP contribution in [0.1, 0.15) is 31.4 Å². The van der Waals surface area contributed by atoms with Gasteiger partial charge >= 0.3 is 5.97 Å². The highest BCUT2D eigenvalue weighted by Gasteiger charge is 2.02. The molecule has 1 aromatic carbocycles. The zero-order chi connectivity index (χ0) is 14.8. The average molecular weight is 292 g/mol. The summed E-state index contributed by atoms with van der Waals surface area (Å²) in [5.74, 6) is 0.615. The zero-order valence-corrected chi connectivity index (χ0v) is 12.7. The molecule has 0 heterocycles. The Morgan fingerprint density at radius 2 is 1.95 bits per heavy atom. The van der Waals surface area contributed by atoms with Crippen LogP contribution < -0.4 is 0 Å². The predicted octanol–water partition coefficient (Wildman–Crippen LogP) is 3.48. The molecule has 0 N–H and O–H groups in total. The van der Waals surface area contributed by atoms with E-state index >= 15 is 0 Å². The molecule has 0 radical (unpaired) electrons. The summed E-state index contributed by atoms with van der Waals surface area (Å²) in [4.78, 5) is 22.1. The van der Waals surface area contributed by atoms with Gasteiger partial charge in [0.1, 0.15) is 0 Å². The summed E-state index contributed by atoms with van der Waals surface area (Å²) in [5.41, 5.74) is 2.04. The van der Waals surface area contributed by atoms with E-state index in [4.69, 9.17) is 4.74 Å². The molecule has 4 heteroatoms. The molecule has 0 unspecified atom stereocenters. The van der Waals surface area contributed by atoms with Gasteiger partial charge in [-0.15, -0.1) is 0 Å². The highest BCUT2D eigenvalue weighted by molar-refractivity contribution is 8.13. The summed E-state index contributed by atoms with van der Waals surface area (Å²) >= 11 is 1.34. The first-order valence-electron chi connectivity index (χ1n) is 6.66.